The lowest BCUT2D eigenvalue weighted by molar-refractivity contribution is 0.0915. The van der Waals surface area contributed by atoms with Crippen molar-refractivity contribution in [2.24, 2.45) is 5.92 Å². The van der Waals surface area contributed by atoms with E-state index in [0.29, 0.717) is 24.5 Å². The number of carbonyl (C=O) groups is 1. The molecule has 1 saturated heterocycles. The molecule has 1 aromatic carbocycles. The molecular formula is C18H28N2O3. The van der Waals surface area contributed by atoms with Crippen LogP contribution < -0.4 is 5.32 Å². The van der Waals surface area contributed by atoms with Crippen LogP contribution >= 0.6 is 0 Å². The summed E-state index contributed by atoms with van der Waals surface area (Å²) >= 11 is 0. The highest BCUT2D eigenvalue weighted by Gasteiger charge is 2.18. The van der Waals surface area contributed by atoms with Gasteiger partial charge in [0.25, 0.3) is 5.91 Å². The standard InChI is InChI=1S/C18H28N2O3/c1-2-17(13-22)19-18(23)16-5-3-14(4-6-16)11-20-9-7-15(12-21)8-10-20/h3-6,15,17,21-22H,2,7-13H2,1H3,(H,19,23). The Labute approximate surface area is 138 Å². The lowest BCUT2D eigenvalue weighted by Gasteiger charge is -2.31. The van der Waals surface area contributed by atoms with Crippen LogP contribution in [-0.4, -0.2) is 53.4 Å². The second-order valence-corrected chi connectivity index (χ2v) is 6.36. The average Bonchev–Trinajstić information content (AvgIpc) is 2.60. The SMILES string of the molecule is CCC(CO)NC(=O)c1ccc(CN2CCC(CO)CC2)cc1. The summed E-state index contributed by atoms with van der Waals surface area (Å²) in [6, 6.07) is 7.49. The van der Waals surface area contributed by atoms with Gasteiger partial charge in [0.1, 0.15) is 0 Å². The summed E-state index contributed by atoms with van der Waals surface area (Å²) in [6.45, 7) is 5.11. The van der Waals surface area contributed by atoms with Crippen LogP contribution in [0, 0.1) is 5.92 Å². The summed E-state index contributed by atoms with van der Waals surface area (Å²) in [5, 5.41) is 21.1. The van der Waals surface area contributed by atoms with Crippen LogP contribution in [0.2, 0.25) is 0 Å². The molecule has 0 saturated carbocycles. The predicted octanol–water partition coefficient (Wildman–Crippen LogP) is 1.39. The van der Waals surface area contributed by atoms with Gasteiger partial charge in [0.05, 0.1) is 12.6 Å². The third-order valence-electron chi connectivity index (χ3n) is 4.64. The van der Waals surface area contributed by atoms with Gasteiger partial charge in [-0.15, -0.1) is 0 Å². The van der Waals surface area contributed by atoms with Crippen LogP contribution in [-0.2, 0) is 6.54 Å². The van der Waals surface area contributed by atoms with Gasteiger partial charge < -0.3 is 15.5 Å². The predicted molar refractivity (Wildman–Crippen MR) is 90.2 cm³/mol. The van der Waals surface area contributed by atoms with E-state index in [9.17, 15) is 9.90 Å². The summed E-state index contributed by atoms with van der Waals surface area (Å²) in [7, 11) is 0. The van der Waals surface area contributed by atoms with Gasteiger partial charge in [0.2, 0.25) is 0 Å². The molecule has 0 radical (unpaired) electrons. The zero-order valence-electron chi connectivity index (χ0n) is 13.9. The number of rotatable bonds is 7. The molecule has 0 aliphatic carbocycles. The molecule has 1 amide bonds. The molecule has 1 unspecified atom stereocenters. The third-order valence-corrected chi connectivity index (χ3v) is 4.64. The molecule has 1 aliphatic heterocycles. The number of hydrogen-bond acceptors (Lipinski definition) is 4. The first-order chi connectivity index (χ1) is 11.2. The molecule has 2 rings (SSSR count). The van der Waals surface area contributed by atoms with E-state index >= 15 is 0 Å². The van der Waals surface area contributed by atoms with E-state index in [1.807, 2.05) is 31.2 Å². The Morgan fingerprint density at radius 1 is 1.26 bits per heavy atom. The summed E-state index contributed by atoms with van der Waals surface area (Å²) in [6.07, 6.45) is 2.82. The lowest BCUT2D eigenvalue weighted by atomic mass is 9.97. The quantitative estimate of drug-likeness (QED) is 0.710. The van der Waals surface area contributed by atoms with E-state index in [2.05, 4.69) is 10.2 Å². The Balaban J connectivity index is 1.86. The zero-order chi connectivity index (χ0) is 16.7. The lowest BCUT2D eigenvalue weighted by Crippen LogP contribution is -2.37. The van der Waals surface area contributed by atoms with Crippen molar-refractivity contribution < 1.29 is 15.0 Å². The molecular weight excluding hydrogens is 292 g/mol. The fourth-order valence-corrected chi connectivity index (χ4v) is 2.89. The summed E-state index contributed by atoms with van der Waals surface area (Å²) in [5.74, 6) is 0.316. The van der Waals surface area contributed by atoms with Crippen molar-refractivity contribution in [3.63, 3.8) is 0 Å². The van der Waals surface area contributed by atoms with Gasteiger partial charge in [-0.25, -0.2) is 0 Å². The zero-order valence-corrected chi connectivity index (χ0v) is 13.9. The highest BCUT2D eigenvalue weighted by molar-refractivity contribution is 5.94. The largest absolute Gasteiger partial charge is 0.396 e. The molecule has 128 valence electrons. The van der Waals surface area contributed by atoms with Gasteiger partial charge in [-0.2, -0.15) is 0 Å². The third kappa shape index (κ3) is 5.30. The molecule has 0 spiro atoms. The number of piperidine rings is 1. The number of nitrogens with one attached hydrogen (secondary N) is 1. The van der Waals surface area contributed by atoms with E-state index in [-0.39, 0.29) is 18.6 Å². The number of carbonyl (C=O) groups excluding carboxylic acids is 1. The van der Waals surface area contributed by atoms with Gasteiger partial charge >= 0.3 is 0 Å². The Hall–Kier alpha value is -1.43. The number of likely N-dealkylation sites (tertiary alicyclic amines) is 1. The topological polar surface area (TPSA) is 72.8 Å². The van der Waals surface area contributed by atoms with E-state index in [4.69, 9.17) is 5.11 Å². The maximum Gasteiger partial charge on any atom is 0.251 e. The molecule has 23 heavy (non-hydrogen) atoms. The number of hydrogen-bond donors (Lipinski definition) is 3. The summed E-state index contributed by atoms with van der Waals surface area (Å²) < 4.78 is 0. The molecule has 1 heterocycles. The van der Waals surface area contributed by atoms with Crippen molar-refractivity contribution in [3.05, 3.63) is 35.4 Å². The van der Waals surface area contributed by atoms with Crippen LogP contribution in [0.1, 0.15) is 42.1 Å². The fraction of sp³-hybridized carbons (Fsp3) is 0.611. The first kappa shape index (κ1) is 17.9. The van der Waals surface area contributed by atoms with Crippen molar-refractivity contribution in [1.82, 2.24) is 10.2 Å². The van der Waals surface area contributed by atoms with E-state index < -0.39 is 0 Å². The molecule has 1 atom stereocenters. The van der Waals surface area contributed by atoms with Crippen LogP contribution in [0.15, 0.2) is 24.3 Å². The monoisotopic (exact) mass is 320 g/mol. The fourth-order valence-electron chi connectivity index (χ4n) is 2.89. The van der Waals surface area contributed by atoms with Crippen LogP contribution in [0.3, 0.4) is 0 Å². The molecule has 0 aromatic heterocycles. The molecule has 5 heteroatoms. The minimum absolute atomic E-state index is 0.0376. The van der Waals surface area contributed by atoms with E-state index in [1.54, 1.807) is 0 Å². The molecule has 0 bridgehead atoms. The van der Waals surface area contributed by atoms with Crippen molar-refractivity contribution in [2.45, 2.75) is 38.8 Å². The Kier molecular flexibility index (Phi) is 7.02. The second kappa shape index (κ2) is 9.01. The van der Waals surface area contributed by atoms with Crippen molar-refractivity contribution >= 4 is 5.91 Å². The molecule has 1 aliphatic rings. The first-order valence-electron chi connectivity index (χ1n) is 8.50. The van der Waals surface area contributed by atoms with Crippen molar-refractivity contribution in [2.75, 3.05) is 26.3 Å². The summed E-state index contributed by atoms with van der Waals surface area (Å²) in [4.78, 5) is 14.5. The van der Waals surface area contributed by atoms with E-state index in [0.717, 1.165) is 32.5 Å². The Morgan fingerprint density at radius 2 is 1.91 bits per heavy atom. The highest BCUT2D eigenvalue weighted by atomic mass is 16.3. The van der Waals surface area contributed by atoms with Crippen LogP contribution in [0.5, 0.6) is 0 Å². The van der Waals surface area contributed by atoms with Crippen LogP contribution in [0.25, 0.3) is 0 Å². The van der Waals surface area contributed by atoms with Gasteiger partial charge in [-0.3, -0.25) is 9.69 Å². The minimum Gasteiger partial charge on any atom is -0.396 e. The van der Waals surface area contributed by atoms with Crippen LogP contribution in [0.4, 0.5) is 0 Å². The van der Waals surface area contributed by atoms with Gasteiger partial charge in [0.15, 0.2) is 0 Å². The number of aliphatic hydroxyl groups excluding tert-OH is 2. The smallest absolute Gasteiger partial charge is 0.251 e. The summed E-state index contributed by atoms with van der Waals surface area (Å²) in [5.41, 5.74) is 1.82. The number of nitrogens with zero attached hydrogens (tertiary/aromatic N) is 1. The van der Waals surface area contributed by atoms with Gasteiger partial charge in [-0.05, 0) is 56.0 Å². The first-order valence-corrected chi connectivity index (χ1v) is 8.50. The number of benzene rings is 1. The van der Waals surface area contributed by atoms with E-state index in [1.165, 1.54) is 5.56 Å². The molecule has 1 aromatic rings. The normalized spacial score (nSPS) is 17.9. The minimum atomic E-state index is -0.185. The Bertz CT molecular complexity index is 478. The second-order valence-electron chi connectivity index (χ2n) is 6.36. The van der Waals surface area contributed by atoms with Crippen molar-refractivity contribution in [3.8, 4) is 0 Å². The highest BCUT2D eigenvalue weighted by Crippen LogP contribution is 2.18. The molecule has 1 fully saturated rings. The maximum atomic E-state index is 12.1. The maximum absolute atomic E-state index is 12.1. The number of amides is 1. The van der Waals surface area contributed by atoms with Crippen molar-refractivity contribution in [1.29, 1.82) is 0 Å². The molecule has 3 N–H and O–H groups in total. The Morgan fingerprint density at radius 3 is 2.43 bits per heavy atom. The average molecular weight is 320 g/mol. The number of aliphatic hydroxyl groups is 2. The molecule has 5 nitrogen and oxygen atoms in total. The van der Waals surface area contributed by atoms with Gasteiger partial charge in [0, 0.05) is 18.7 Å². The van der Waals surface area contributed by atoms with Gasteiger partial charge in [-0.1, -0.05) is 19.1 Å².